The van der Waals surface area contributed by atoms with Gasteiger partial charge in [-0.05, 0) is 49.7 Å². The molecule has 0 unspecified atom stereocenters. The van der Waals surface area contributed by atoms with Crippen molar-refractivity contribution in [2.75, 3.05) is 54.5 Å². The van der Waals surface area contributed by atoms with Gasteiger partial charge in [-0.15, -0.1) is 0 Å². The molecular weight excluding hydrogens is 450 g/mol. The number of pyridine rings is 1. The third kappa shape index (κ3) is 4.87. The number of hydrogen-bond acceptors (Lipinski definition) is 7. The summed E-state index contributed by atoms with van der Waals surface area (Å²) in [6.45, 7) is 5.79. The summed E-state index contributed by atoms with van der Waals surface area (Å²) < 4.78 is 54.1. The van der Waals surface area contributed by atoms with Crippen LogP contribution in [0.1, 0.15) is 18.1 Å². The average Bonchev–Trinajstić information content (AvgIpc) is 2.84. The van der Waals surface area contributed by atoms with Crippen molar-refractivity contribution in [1.82, 2.24) is 19.9 Å². The molecule has 0 atom stereocenters. The predicted molar refractivity (Wildman–Crippen MR) is 123 cm³/mol. The van der Waals surface area contributed by atoms with Crippen LogP contribution >= 0.6 is 0 Å². The molecule has 0 spiro atoms. The second-order valence-corrected chi connectivity index (χ2v) is 8.08. The SMILES string of the molecule is CCN(C)c1nc(-c2ccc(F)c(C)c2)nc(N2CCN(c3ncccc3C(F)(F)F)CC2)n1. The highest BCUT2D eigenvalue weighted by molar-refractivity contribution is 5.60. The van der Waals surface area contributed by atoms with E-state index in [9.17, 15) is 17.6 Å². The predicted octanol–water partition coefficient (Wildman–Crippen LogP) is 4.18. The number of alkyl halides is 3. The number of anilines is 3. The molecule has 0 radical (unpaired) electrons. The second-order valence-electron chi connectivity index (χ2n) is 8.08. The van der Waals surface area contributed by atoms with E-state index in [-0.39, 0.29) is 11.6 Å². The number of aromatic nitrogens is 4. The van der Waals surface area contributed by atoms with Crippen LogP contribution < -0.4 is 14.7 Å². The molecule has 3 heterocycles. The molecule has 7 nitrogen and oxygen atoms in total. The number of nitrogens with zero attached hydrogens (tertiary/aromatic N) is 7. The molecule has 1 saturated heterocycles. The monoisotopic (exact) mass is 475 g/mol. The van der Waals surface area contributed by atoms with E-state index >= 15 is 0 Å². The van der Waals surface area contributed by atoms with Crippen molar-refractivity contribution in [1.29, 1.82) is 0 Å². The van der Waals surface area contributed by atoms with Crippen LogP contribution in [0, 0.1) is 12.7 Å². The zero-order chi connectivity index (χ0) is 24.5. The zero-order valence-electron chi connectivity index (χ0n) is 19.1. The Hall–Kier alpha value is -3.50. The molecule has 180 valence electrons. The summed E-state index contributed by atoms with van der Waals surface area (Å²) >= 11 is 0. The van der Waals surface area contributed by atoms with Crippen LogP contribution in [0.2, 0.25) is 0 Å². The van der Waals surface area contributed by atoms with Crippen LogP contribution in [0.4, 0.5) is 35.3 Å². The zero-order valence-corrected chi connectivity index (χ0v) is 19.1. The van der Waals surface area contributed by atoms with Crippen LogP contribution in [0.25, 0.3) is 11.4 Å². The number of halogens is 4. The first-order chi connectivity index (χ1) is 16.2. The van der Waals surface area contributed by atoms with Crippen molar-refractivity contribution in [2.24, 2.45) is 0 Å². The first-order valence-electron chi connectivity index (χ1n) is 10.9. The van der Waals surface area contributed by atoms with Gasteiger partial charge in [-0.3, -0.25) is 0 Å². The fourth-order valence-corrected chi connectivity index (χ4v) is 3.71. The number of aryl methyl sites for hydroxylation is 1. The van der Waals surface area contributed by atoms with Gasteiger partial charge in [0, 0.05) is 51.5 Å². The Labute approximate surface area is 195 Å². The smallest absolute Gasteiger partial charge is 0.353 e. The molecule has 0 bridgehead atoms. The van der Waals surface area contributed by atoms with Crippen LogP contribution in [0.15, 0.2) is 36.5 Å². The van der Waals surface area contributed by atoms with E-state index < -0.39 is 11.7 Å². The van der Waals surface area contributed by atoms with Gasteiger partial charge in [0.25, 0.3) is 0 Å². The van der Waals surface area contributed by atoms with Gasteiger partial charge < -0.3 is 14.7 Å². The maximum Gasteiger partial charge on any atom is 0.419 e. The summed E-state index contributed by atoms with van der Waals surface area (Å²) in [7, 11) is 1.86. The van der Waals surface area contributed by atoms with E-state index in [0.29, 0.717) is 61.6 Å². The lowest BCUT2D eigenvalue weighted by atomic mass is 10.1. The summed E-state index contributed by atoms with van der Waals surface area (Å²) in [4.78, 5) is 23.2. The Morgan fingerprint density at radius 1 is 1.00 bits per heavy atom. The Bertz CT molecular complexity index is 1160. The van der Waals surface area contributed by atoms with Crippen LogP contribution in [-0.2, 0) is 6.18 Å². The third-order valence-corrected chi connectivity index (χ3v) is 5.80. The van der Waals surface area contributed by atoms with Crippen molar-refractivity contribution in [3.8, 4) is 11.4 Å². The molecule has 0 N–H and O–H groups in total. The summed E-state index contributed by atoms with van der Waals surface area (Å²) in [5, 5.41) is 0. The van der Waals surface area contributed by atoms with Crippen LogP contribution in [0.3, 0.4) is 0 Å². The average molecular weight is 475 g/mol. The fraction of sp³-hybridized carbons (Fsp3) is 0.391. The van der Waals surface area contributed by atoms with Gasteiger partial charge in [-0.1, -0.05) is 0 Å². The quantitative estimate of drug-likeness (QED) is 0.513. The Morgan fingerprint density at radius 3 is 2.35 bits per heavy atom. The van der Waals surface area contributed by atoms with Gasteiger partial charge in [-0.25, -0.2) is 9.37 Å². The number of piperazine rings is 1. The summed E-state index contributed by atoms with van der Waals surface area (Å²) in [6, 6.07) is 7.01. The Kier molecular flexibility index (Phi) is 6.54. The molecule has 34 heavy (non-hydrogen) atoms. The van der Waals surface area contributed by atoms with E-state index in [1.165, 1.54) is 18.3 Å². The first kappa shape index (κ1) is 23.7. The van der Waals surface area contributed by atoms with E-state index in [1.54, 1.807) is 24.0 Å². The molecule has 4 rings (SSSR count). The fourth-order valence-electron chi connectivity index (χ4n) is 3.71. The Balaban J connectivity index is 1.61. The van der Waals surface area contributed by atoms with Crippen molar-refractivity contribution in [2.45, 2.75) is 20.0 Å². The molecule has 0 amide bonds. The minimum Gasteiger partial charge on any atom is -0.353 e. The van der Waals surface area contributed by atoms with Crippen LogP contribution in [0.5, 0.6) is 0 Å². The highest BCUT2D eigenvalue weighted by Crippen LogP contribution is 2.35. The molecule has 0 saturated carbocycles. The molecule has 3 aromatic rings. The van der Waals surface area contributed by atoms with Gasteiger partial charge >= 0.3 is 6.18 Å². The number of rotatable bonds is 5. The lowest BCUT2D eigenvalue weighted by Crippen LogP contribution is -2.48. The second kappa shape index (κ2) is 9.40. The highest BCUT2D eigenvalue weighted by Gasteiger charge is 2.36. The first-order valence-corrected chi connectivity index (χ1v) is 10.9. The van der Waals surface area contributed by atoms with Crippen molar-refractivity contribution < 1.29 is 17.6 Å². The molecule has 1 aliphatic heterocycles. The third-order valence-electron chi connectivity index (χ3n) is 5.80. The normalized spacial score (nSPS) is 14.4. The van der Waals surface area contributed by atoms with E-state index in [4.69, 9.17) is 0 Å². The lowest BCUT2D eigenvalue weighted by Gasteiger charge is -2.36. The highest BCUT2D eigenvalue weighted by atomic mass is 19.4. The standard InChI is InChI=1S/C23H25F4N7/c1-4-32(3)21-29-19(16-7-8-18(24)15(2)14-16)30-22(31-21)34-12-10-33(11-13-34)20-17(23(25,26)27)6-5-9-28-20/h5-9,14H,4,10-13H2,1-3H3. The maximum atomic E-state index is 13.8. The molecule has 11 heteroatoms. The van der Waals surface area contributed by atoms with Gasteiger partial charge in [0.2, 0.25) is 11.9 Å². The van der Waals surface area contributed by atoms with E-state index in [0.717, 1.165) is 6.07 Å². The van der Waals surface area contributed by atoms with Crippen molar-refractivity contribution in [3.63, 3.8) is 0 Å². The number of hydrogen-bond donors (Lipinski definition) is 0. The summed E-state index contributed by atoms with van der Waals surface area (Å²) in [5.41, 5.74) is 0.397. The topological polar surface area (TPSA) is 61.3 Å². The molecule has 0 aliphatic carbocycles. The van der Waals surface area contributed by atoms with Gasteiger partial charge in [0.05, 0.1) is 5.56 Å². The molecule has 1 aliphatic rings. The summed E-state index contributed by atoms with van der Waals surface area (Å²) in [6.07, 6.45) is -3.11. The molecule has 1 fully saturated rings. The van der Waals surface area contributed by atoms with Gasteiger partial charge in [0.15, 0.2) is 5.82 Å². The van der Waals surface area contributed by atoms with Crippen molar-refractivity contribution in [3.05, 3.63) is 53.5 Å². The van der Waals surface area contributed by atoms with Crippen molar-refractivity contribution >= 4 is 17.7 Å². The lowest BCUT2D eigenvalue weighted by molar-refractivity contribution is -0.137. The van der Waals surface area contributed by atoms with E-state index in [1.807, 2.05) is 23.8 Å². The van der Waals surface area contributed by atoms with Crippen LogP contribution in [-0.4, -0.2) is 59.7 Å². The summed E-state index contributed by atoms with van der Waals surface area (Å²) in [5.74, 6) is 0.928. The molecule has 1 aromatic carbocycles. The molecular formula is C23H25F4N7. The minimum absolute atomic E-state index is 0.0702. The Morgan fingerprint density at radius 2 is 1.71 bits per heavy atom. The number of benzene rings is 1. The minimum atomic E-state index is -4.48. The maximum absolute atomic E-state index is 13.8. The largest absolute Gasteiger partial charge is 0.419 e. The van der Waals surface area contributed by atoms with Gasteiger partial charge in [0.1, 0.15) is 11.6 Å². The van der Waals surface area contributed by atoms with Gasteiger partial charge in [-0.2, -0.15) is 28.1 Å². The van der Waals surface area contributed by atoms with E-state index in [2.05, 4.69) is 19.9 Å². The molecule has 2 aromatic heterocycles.